The number of nitrogens with one attached hydrogen (secondary N) is 1. The van der Waals surface area contributed by atoms with Gasteiger partial charge in [-0.05, 0) is 41.7 Å². The van der Waals surface area contributed by atoms with Crippen LogP contribution in [0.3, 0.4) is 0 Å². The molecule has 0 bridgehead atoms. The third-order valence-corrected chi connectivity index (χ3v) is 4.52. The summed E-state index contributed by atoms with van der Waals surface area (Å²) in [6, 6.07) is 9.44. The van der Waals surface area contributed by atoms with Crippen LogP contribution in [0.5, 0.6) is 0 Å². The average Bonchev–Trinajstić information content (AvgIpc) is 2.56. The Labute approximate surface area is 149 Å². The number of rotatable bonds is 8. The predicted molar refractivity (Wildman–Crippen MR) is 95.5 cm³/mol. The van der Waals surface area contributed by atoms with Crippen LogP contribution >= 0.6 is 27.5 Å². The SMILES string of the molecule is OCC(CNC[C@@H](O)c1ccc(Br)cc1)Cc1ccncc1Cl. The molecule has 2 atom stereocenters. The number of halogens is 2. The van der Waals surface area contributed by atoms with Gasteiger partial charge in [-0.25, -0.2) is 0 Å². The van der Waals surface area contributed by atoms with Crippen LogP contribution in [0.15, 0.2) is 47.2 Å². The molecule has 1 heterocycles. The van der Waals surface area contributed by atoms with Crippen molar-refractivity contribution in [1.29, 1.82) is 0 Å². The average molecular weight is 400 g/mol. The summed E-state index contributed by atoms with van der Waals surface area (Å²) < 4.78 is 0.982. The molecule has 0 saturated heterocycles. The second-order valence-corrected chi connectivity index (χ2v) is 6.77. The summed E-state index contributed by atoms with van der Waals surface area (Å²) >= 11 is 9.47. The molecule has 0 saturated carbocycles. The molecule has 0 aliphatic carbocycles. The lowest BCUT2D eigenvalue weighted by molar-refractivity contribution is 0.166. The van der Waals surface area contributed by atoms with Gasteiger partial charge in [0.1, 0.15) is 0 Å². The van der Waals surface area contributed by atoms with Gasteiger partial charge < -0.3 is 15.5 Å². The Kier molecular flexibility index (Phi) is 7.46. The fourth-order valence-corrected chi connectivity index (χ4v) is 2.77. The van der Waals surface area contributed by atoms with Crippen molar-refractivity contribution in [3.63, 3.8) is 0 Å². The van der Waals surface area contributed by atoms with Crippen LogP contribution in [0.25, 0.3) is 0 Å². The molecule has 1 unspecified atom stereocenters. The second kappa shape index (κ2) is 9.35. The quantitative estimate of drug-likeness (QED) is 0.638. The van der Waals surface area contributed by atoms with E-state index in [-0.39, 0.29) is 12.5 Å². The van der Waals surface area contributed by atoms with Crippen molar-refractivity contribution in [2.45, 2.75) is 12.5 Å². The van der Waals surface area contributed by atoms with Gasteiger partial charge in [-0.3, -0.25) is 4.98 Å². The Bertz CT molecular complexity index is 610. The summed E-state index contributed by atoms with van der Waals surface area (Å²) in [5.74, 6) is 0.0343. The van der Waals surface area contributed by atoms with E-state index in [4.69, 9.17) is 11.6 Å². The summed E-state index contributed by atoms with van der Waals surface area (Å²) in [6.45, 7) is 1.09. The first-order chi connectivity index (χ1) is 11.1. The maximum atomic E-state index is 10.2. The molecule has 0 aliphatic rings. The lowest BCUT2D eigenvalue weighted by Gasteiger charge is -2.18. The van der Waals surface area contributed by atoms with Crippen molar-refractivity contribution >= 4 is 27.5 Å². The molecule has 0 spiro atoms. The Morgan fingerprint density at radius 1 is 1.17 bits per heavy atom. The Hall–Kier alpha value is -0.980. The number of hydrogen-bond acceptors (Lipinski definition) is 4. The fourth-order valence-electron chi connectivity index (χ4n) is 2.31. The molecule has 0 aliphatic heterocycles. The van der Waals surface area contributed by atoms with E-state index in [2.05, 4.69) is 26.2 Å². The molecule has 3 N–H and O–H groups in total. The topological polar surface area (TPSA) is 65.4 Å². The van der Waals surface area contributed by atoms with Crippen LogP contribution in [-0.2, 0) is 6.42 Å². The lowest BCUT2D eigenvalue weighted by Crippen LogP contribution is -2.30. The normalized spacial score (nSPS) is 13.7. The van der Waals surface area contributed by atoms with Crippen LogP contribution in [0.2, 0.25) is 5.02 Å². The Morgan fingerprint density at radius 3 is 2.57 bits per heavy atom. The highest BCUT2D eigenvalue weighted by atomic mass is 79.9. The molecular weight excluding hydrogens is 380 g/mol. The lowest BCUT2D eigenvalue weighted by atomic mass is 10.0. The van der Waals surface area contributed by atoms with Gasteiger partial charge in [-0.15, -0.1) is 0 Å². The van der Waals surface area contributed by atoms with Gasteiger partial charge in [-0.1, -0.05) is 39.7 Å². The molecule has 2 rings (SSSR count). The summed E-state index contributed by atoms with van der Waals surface area (Å²) in [5, 5.41) is 23.5. The van der Waals surface area contributed by atoms with Crippen LogP contribution in [0.4, 0.5) is 0 Å². The maximum Gasteiger partial charge on any atom is 0.0914 e. The first-order valence-electron chi connectivity index (χ1n) is 7.43. The van der Waals surface area contributed by atoms with Gasteiger partial charge in [-0.2, -0.15) is 0 Å². The molecule has 2 aromatic rings. The van der Waals surface area contributed by atoms with Gasteiger partial charge in [0.15, 0.2) is 0 Å². The number of benzene rings is 1. The highest BCUT2D eigenvalue weighted by Gasteiger charge is 2.12. The van der Waals surface area contributed by atoms with Crippen LogP contribution in [0.1, 0.15) is 17.2 Å². The third kappa shape index (κ3) is 5.86. The third-order valence-electron chi connectivity index (χ3n) is 3.65. The first kappa shape index (κ1) is 18.4. The monoisotopic (exact) mass is 398 g/mol. The molecule has 0 radical (unpaired) electrons. The summed E-state index contributed by atoms with van der Waals surface area (Å²) in [7, 11) is 0. The smallest absolute Gasteiger partial charge is 0.0914 e. The van der Waals surface area contributed by atoms with E-state index in [1.165, 1.54) is 0 Å². The van der Waals surface area contributed by atoms with Crippen molar-refractivity contribution in [2.24, 2.45) is 5.92 Å². The van der Waals surface area contributed by atoms with Gasteiger partial charge in [0.2, 0.25) is 0 Å². The molecule has 6 heteroatoms. The molecule has 23 heavy (non-hydrogen) atoms. The van der Waals surface area contributed by atoms with E-state index < -0.39 is 6.10 Å². The van der Waals surface area contributed by atoms with E-state index in [1.54, 1.807) is 12.4 Å². The van der Waals surface area contributed by atoms with Crippen LogP contribution in [-0.4, -0.2) is 34.9 Å². The van der Waals surface area contributed by atoms with Crippen molar-refractivity contribution < 1.29 is 10.2 Å². The van der Waals surface area contributed by atoms with Crippen molar-refractivity contribution in [2.75, 3.05) is 19.7 Å². The van der Waals surface area contributed by atoms with Crippen LogP contribution < -0.4 is 5.32 Å². The van der Waals surface area contributed by atoms with Crippen molar-refractivity contribution in [3.8, 4) is 0 Å². The van der Waals surface area contributed by atoms with Crippen molar-refractivity contribution in [1.82, 2.24) is 10.3 Å². The van der Waals surface area contributed by atoms with E-state index >= 15 is 0 Å². The fraction of sp³-hybridized carbons (Fsp3) is 0.353. The van der Waals surface area contributed by atoms with Gasteiger partial charge in [0, 0.05) is 36.6 Å². The zero-order valence-corrected chi connectivity index (χ0v) is 15.0. The Balaban J connectivity index is 1.81. The van der Waals surface area contributed by atoms with Crippen molar-refractivity contribution in [3.05, 3.63) is 63.3 Å². The predicted octanol–water partition coefficient (Wildman–Crippen LogP) is 2.97. The molecule has 1 aromatic heterocycles. The van der Waals surface area contributed by atoms with E-state index in [0.717, 1.165) is 15.6 Å². The zero-order chi connectivity index (χ0) is 16.7. The highest BCUT2D eigenvalue weighted by molar-refractivity contribution is 9.10. The van der Waals surface area contributed by atoms with Gasteiger partial charge in [0.25, 0.3) is 0 Å². The molecule has 0 fully saturated rings. The standard InChI is InChI=1S/C17H20BrClN2O2/c18-15-3-1-13(2-4-15)17(23)10-21-8-12(11-22)7-14-5-6-20-9-16(14)19/h1-6,9,12,17,21-23H,7-8,10-11H2/t12?,17-/m1/s1. The summed E-state index contributed by atoms with van der Waals surface area (Å²) in [4.78, 5) is 3.96. The largest absolute Gasteiger partial charge is 0.396 e. The molecule has 0 amide bonds. The van der Waals surface area contributed by atoms with E-state index in [1.807, 2.05) is 30.3 Å². The molecular formula is C17H20BrClN2O2. The maximum absolute atomic E-state index is 10.2. The minimum atomic E-state index is -0.577. The number of hydrogen-bond donors (Lipinski definition) is 3. The first-order valence-corrected chi connectivity index (χ1v) is 8.60. The highest BCUT2D eigenvalue weighted by Crippen LogP contribution is 2.18. The minimum absolute atomic E-state index is 0.0343. The molecule has 124 valence electrons. The van der Waals surface area contributed by atoms with E-state index in [0.29, 0.717) is 24.5 Å². The molecule has 4 nitrogen and oxygen atoms in total. The number of pyridine rings is 1. The van der Waals surface area contributed by atoms with Gasteiger partial charge in [0.05, 0.1) is 11.1 Å². The van der Waals surface area contributed by atoms with Gasteiger partial charge >= 0.3 is 0 Å². The summed E-state index contributed by atoms with van der Waals surface area (Å²) in [5.41, 5.74) is 1.83. The number of aliphatic hydroxyl groups excluding tert-OH is 2. The number of aromatic nitrogens is 1. The van der Waals surface area contributed by atoms with E-state index in [9.17, 15) is 10.2 Å². The number of nitrogens with zero attached hydrogens (tertiary/aromatic N) is 1. The van der Waals surface area contributed by atoms with Crippen LogP contribution in [0, 0.1) is 5.92 Å². The minimum Gasteiger partial charge on any atom is -0.396 e. The zero-order valence-electron chi connectivity index (χ0n) is 12.6. The second-order valence-electron chi connectivity index (χ2n) is 5.45. The molecule has 1 aromatic carbocycles. The number of aliphatic hydroxyl groups is 2. The summed E-state index contributed by atoms with van der Waals surface area (Å²) in [6.07, 6.45) is 3.39. The Morgan fingerprint density at radius 2 is 1.91 bits per heavy atom.